The number of ether oxygens (including phenoxy) is 2. The highest BCUT2D eigenvalue weighted by atomic mass is 35.5. The number of benzene rings is 2. The zero-order valence-electron chi connectivity index (χ0n) is 21.9. The SMILES string of the molecule is COc1ccc(NC(=O)COC(=O)C(F)(F)F)c(N2CC(O)C(NC3CCN(Cc4ccc(Cl)cc4)CC3)C2)c1. The normalized spacial score (nSPS) is 20.4. The molecule has 0 radical (unpaired) electrons. The highest BCUT2D eigenvalue weighted by Gasteiger charge is 2.41. The van der Waals surface area contributed by atoms with Crippen molar-refractivity contribution in [3.05, 3.63) is 53.1 Å². The van der Waals surface area contributed by atoms with Gasteiger partial charge in [-0.1, -0.05) is 23.7 Å². The van der Waals surface area contributed by atoms with Crippen molar-refractivity contribution in [1.29, 1.82) is 0 Å². The maximum atomic E-state index is 12.4. The van der Waals surface area contributed by atoms with Crippen LogP contribution < -0.4 is 20.3 Å². The Morgan fingerprint density at radius 1 is 1.10 bits per heavy atom. The summed E-state index contributed by atoms with van der Waals surface area (Å²) in [6.07, 6.45) is -4.02. The van der Waals surface area contributed by atoms with E-state index in [0.29, 0.717) is 23.0 Å². The van der Waals surface area contributed by atoms with E-state index >= 15 is 0 Å². The molecule has 13 heteroatoms. The Labute approximate surface area is 235 Å². The monoisotopic (exact) mass is 584 g/mol. The zero-order chi connectivity index (χ0) is 28.9. The number of rotatable bonds is 9. The molecule has 0 bridgehead atoms. The van der Waals surface area contributed by atoms with Gasteiger partial charge in [-0.05, 0) is 55.8 Å². The highest BCUT2D eigenvalue weighted by Crippen LogP contribution is 2.33. The molecule has 0 saturated carbocycles. The first-order chi connectivity index (χ1) is 19.0. The quantitative estimate of drug-likeness (QED) is 0.386. The number of carbonyl (C=O) groups is 2. The van der Waals surface area contributed by atoms with Crippen molar-refractivity contribution in [2.45, 2.75) is 43.8 Å². The highest BCUT2D eigenvalue weighted by molar-refractivity contribution is 6.30. The number of carbonyl (C=O) groups excluding carboxylic acids is 2. The second-order valence-electron chi connectivity index (χ2n) is 9.93. The van der Waals surface area contributed by atoms with Gasteiger partial charge in [-0.25, -0.2) is 4.79 Å². The number of anilines is 2. The molecule has 1 amide bonds. The number of β-amino-alcohol motifs (C(OH)–C–C–N with tert-alkyl or cyclic N) is 1. The molecule has 2 aliphatic rings. The first-order valence-electron chi connectivity index (χ1n) is 12.9. The van der Waals surface area contributed by atoms with Crippen molar-refractivity contribution < 1.29 is 37.3 Å². The number of nitrogens with zero attached hydrogens (tertiary/aromatic N) is 2. The van der Waals surface area contributed by atoms with Crippen LogP contribution in [0, 0.1) is 0 Å². The molecule has 2 aliphatic heterocycles. The van der Waals surface area contributed by atoms with Gasteiger partial charge in [-0.15, -0.1) is 0 Å². The maximum Gasteiger partial charge on any atom is 0.490 e. The summed E-state index contributed by atoms with van der Waals surface area (Å²) >= 11 is 5.98. The van der Waals surface area contributed by atoms with E-state index in [1.165, 1.54) is 12.7 Å². The first kappa shape index (κ1) is 29.9. The van der Waals surface area contributed by atoms with Crippen LogP contribution in [0.3, 0.4) is 0 Å². The van der Waals surface area contributed by atoms with Gasteiger partial charge < -0.3 is 30.1 Å². The largest absolute Gasteiger partial charge is 0.497 e. The van der Waals surface area contributed by atoms with Crippen LogP contribution in [0.15, 0.2) is 42.5 Å². The van der Waals surface area contributed by atoms with Crippen LogP contribution in [0.5, 0.6) is 5.75 Å². The van der Waals surface area contributed by atoms with E-state index in [2.05, 4.69) is 20.3 Å². The van der Waals surface area contributed by atoms with E-state index in [1.54, 1.807) is 18.2 Å². The van der Waals surface area contributed by atoms with Crippen molar-refractivity contribution in [1.82, 2.24) is 10.2 Å². The molecule has 9 nitrogen and oxygen atoms in total. The number of aliphatic hydroxyl groups is 1. The van der Waals surface area contributed by atoms with Gasteiger partial charge in [-0.2, -0.15) is 13.2 Å². The molecule has 3 N–H and O–H groups in total. The molecular formula is C27H32ClF3N4O5. The van der Waals surface area contributed by atoms with Gasteiger partial charge in [0.1, 0.15) is 5.75 Å². The van der Waals surface area contributed by atoms with Crippen LogP contribution in [-0.4, -0.2) is 86.1 Å². The third-order valence-corrected chi connectivity index (χ3v) is 7.28. The fourth-order valence-corrected chi connectivity index (χ4v) is 5.09. The molecule has 2 aromatic carbocycles. The first-order valence-corrected chi connectivity index (χ1v) is 13.3. The summed E-state index contributed by atoms with van der Waals surface area (Å²) in [5.41, 5.74) is 2.02. The van der Waals surface area contributed by atoms with Crippen LogP contribution in [0.4, 0.5) is 24.5 Å². The molecule has 2 saturated heterocycles. The number of hydrogen-bond acceptors (Lipinski definition) is 8. The van der Waals surface area contributed by atoms with Crippen molar-refractivity contribution in [2.24, 2.45) is 0 Å². The summed E-state index contributed by atoms with van der Waals surface area (Å²) in [5, 5.41) is 17.6. The molecule has 2 aromatic rings. The Morgan fingerprint density at radius 2 is 1.80 bits per heavy atom. The van der Waals surface area contributed by atoms with Crippen LogP contribution in [0.25, 0.3) is 0 Å². The average Bonchev–Trinajstić information content (AvgIpc) is 3.28. The lowest BCUT2D eigenvalue weighted by Crippen LogP contribution is -2.49. The predicted octanol–water partition coefficient (Wildman–Crippen LogP) is 3.20. The smallest absolute Gasteiger partial charge is 0.490 e. The molecule has 2 fully saturated rings. The number of piperidine rings is 1. The Hall–Kier alpha value is -3.06. The number of alkyl halides is 3. The van der Waals surface area contributed by atoms with Crippen LogP contribution >= 0.6 is 11.6 Å². The van der Waals surface area contributed by atoms with Gasteiger partial charge >= 0.3 is 12.1 Å². The number of halogens is 4. The van der Waals surface area contributed by atoms with Crippen LogP contribution in [0.1, 0.15) is 18.4 Å². The summed E-state index contributed by atoms with van der Waals surface area (Å²) in [5.74, 6) is -2.87. The third kappa shape index (κ3) is 8.00. The van der Waals surface area contributed by atoms with Crippen molar-refractivity contribution in [3.63, 3.8) is 0 Å². The minimum absolute atomic E-state index is 0.227. The molecule has 0 aromatic heterocycles. The Kier molecular flexibility index (Phi) is 9.77. The molecule has 2 atom stereocenters. The van der Waals surface area contributed by atoms with Gasteiger partial charge in [0.2, 0.25) is 0 Å². The summed E-state index contributed by atoms with van der Waals surface area (Å²) in [7, 11) is 1.48. The summed E-state index contributed by atoms with van der Waals surface area (Å²) in [6.45, 7) is 2.30. The fourth-order valence-electron chi connectivity index (χ4n) is 4.96. The van der Waals surface area contributed by atoms with Gasteiger partial charge in [0.05, 0.1) is 30.6 Å². The number of hydrogen-bond donors (Lipinski definition) is 3. The molecule has 0 spiro atoms. The molecule has 0 aliphatic carbocycles. The zero-order valence-corrected chi connectivity index (χ0v) is 22.7. The molecule has 40 heavy (non-hydrogen) atoms. The minimum atomic E-state index is -5.19. The molecular weight excluding hydrogens is 553 g/mol. The second kappa shape index (κ2) is 13.1. The number of methoxy groups -OCH3 is 1. The number of esters is 1. The van der Waals surface area contributed by atoms with E-state index in [1.807, 2.05) is 29.2 Å². The van der Waals surface area contributed by atoms with Gasteiger partial charge in [-0.3, -0.25) is 9.69 Å². The number of aliphatic hydroxyl groups excluding tert-OH is 1. The van der Waals surface area contributed by atoms with Gasteiger partial charge in [0.25, 0.3) is 5.91 Å². The lowest BCUT2D eigenvalue weighted by atomic mass is 10.0. The summed E-state index contributed by atoms with van der Waals surface area (Å²) < 4.78 is 46.5. The Balaban J connectivity index is 1.33. The van der Waals surface area contributed by atoms with Gasteiger partial charge in [0, 0.05) is 36.8 Å². The van der Waals surface area contributed by atoms with E-state index in [-0.39, 0.29) is 24.3 Å². The number of amides is 1. The molecule has 2 unspecified atom stereocenters. The Morgan fingerprint density at radius 3 is 2.45 bits per heavy atom. The predicted molar refractivity (Wildman–Crippen MR) is 144 cm³/mol. The molecule has 4 rings (SSSR count). The van der Waals surface area contributed by atoms with E-state index < -0.39 is 30.8 Å². The lowest BCUT2D eigenvalue weighted by Gasteiger charge is -2.34. The molecule has 2 heterocycles. The average molecular weight is 585 g/mol. The van der Waals surface area contributed by atoms with Crippen LogP contribution in [0.2, 0.25) is 5.02 Å². The lowest BCUT2D eigenvalue weighted by molar-refractivity contribution is -0.199. The number of likely N-dealkylation sites (tertiary alicyclic amines) is 1. The fraction of sp³-hybridized carbons (Fsp3) is 0.481. The Bertz CT molecular complexity index is 1180. The summed E-state index contributed by atoms with van der Waals surface area (Å²) in [6, 6.07) is 12.6. The van der Waals surface area contributed by atoms with Crippen molar-refractivity contribution >= 4 is 34.9 Å². The van der Waals surface area contributed by atoms with Crippen LogP contribution in [-0.2, 0) is 20.9 Å². The van der Waals surface area contributed by atoms with Crippen molar-refractivity contribution in [2.75, 3.05) is 50.1 Å². The summed E-state index contributed by atoms with van der Waals surface area (Å²) in [4.78, 5) is 27.4. The standard InChI is InChI=1S/C27H32ClF3N4O5/c1-39-20-6-7-21(33-25(37)16-40-26(38)27(29,30)31)23(12-20)35-14-22(24(36)15-35)32-19-8-10-34(11-9-19)13-17-2-4-18(28)5-3-17/h2-7,12,19,22,24,32,36H,8-11,13-16H2,1H3,(H,33,37). The second-order valence-corrected chi connectivity index (χ2v) is 10.4. The molecule has 218 valence electrons. The topological polar surface area (TPSA) is 103 Å². The number of nitrogens with one attached hydrogen (secondary N) is 2. The van der Waals surface area contributed by atoms with Gasteiger partial charge in [0.15, 0.2) is 6.61 Å². The van der Waals surface area contributed by atoms with E-state index in [4.69, 9.17) is 16.3 Å². The van der Waals surface area contributed by atoms with E-state index in [9.17, 15) is 27.9 Å². The minimum Gasteiger partial charge on any atom is -0.497 e. The van der Waals surface area contributed by atoms with E-state index in [0.717, 1.165) is 32.5 Å². The maximum absolute atomic E-state index is 12.4. The van der Waals surface area contributed by atoms with Crippen molar-refractivity contribution in [3.8, 4) is 5.75 Å². The third-order valence-electron chi connectivity index (χ3n) is 7.03.